The summed E-state index contributed by atoms with van der Waals surface area (Å²) in [4.78, 5) is 11.6. The number of nitriles is 1. The maximum atomic E-state index is 11.4. The maximum absolute atomic E-state index is 11.4. The molecule has 7 nitrogen and oxygen atoms in total. The molecular formula is C11H16N4O3S. The van der Waals surface area contributed by atoms with E-state index in [1.807, 2.05) is 6.07 Å². The molecule has 19 heavy (non-hydrogen) atoms. The number of primary amides is 1. The van der Waals surface area contributed by atoms with Crippen molar-refractivity contribution in [3.8, 4) is 6.07 Å². The lowest BCUT2D eigenvalue weighted by atomic mass is 10.2. The van der Waals surface area contributed by atoms with Gasteiger partial charge in [0.25, 0.3) is 5.91 Å². The van der Waals surface area contributed by atoms with Gasteiger partial charge in [-0.05, 0) is 0 Å². The maximum Gasteiger partial charge on any atom is 0.253 e. The van der Waals surface area contributed by atoms with Crippen molar-refractivity contribution >= 4 is 27.9 Å². The van der Waals surface area contributed by atoms with E-state index in [-0.39, 0.29) is 22.2 Å². The Kier molecular flexibility index (Phi) is 5.57. The van der Waals surface area contributed by atoms with Crippen LogP contribution in [0.4, 0.5) is 10.7 Å². The molecule has 1 amide bonds. The van der Waals surface area contributed by atoms with E-state index < -0.39 is 5.91 Å². The summed E-state index contributed by atoms with van der Waals surface area (Å²) in [6, 6.07) is 1.93. The molecular weight excluding hydrogens is 268 g/mol. The van der Waals surface area contributed by atoms with E-state index in [1.165, 1.54) is 0 Å². The molecule has 1 aromatic heterocycles. The van der Waals surface area contributed by atoms with Gasteiger partial charge in [0.2, 0.25) is 0 Å². The first kappa shape index (κ1) is 15.2. The molecule has 5 N–H and O–H groups in total. The minimum Gasteiger partial charge on any atom is -0.396 e. The van der Waals surface area contributed by atoms with E-state index in [0.29, 0.717) is 18.2 Å². The number of thiophene rings is 1. The third kappa shape index (κ3) is 3.57. The van der Waals surface area contributed by atoms with E-state index >= 15 is 0 Å². The second kappa shape index (κ2) is 6.94. The highest BCUT2D eigenvalue weighted by atomic mass is 32.1. The second-order valence-corrected chi connectivity index (χ2v) is 4.74. The number of hydrogen-bond donors (Lipinski definition) is 3. The number of nitrogens with two attached hydrogens (primary N) is 2. The monoisotopic (exact) mass is 284 g/mol. The van der Waals surface area contributed by atoms with Crippen LogP contribution in [-0.2, 0) is 9.47 Å². The van der Waals surface area contributed by atoms with Crippen LogP contribution in [-0.4, -0.2) is 39.4 Å². The quantitative estimate of drug-likeness (QED) is 0.664. The minimum atomic E-state index is -0.668. The van der Waals surface area contributed by atoms with Crippen molar-refractivity contribution in [2.75, 3.05) is 38.4 Å². The van der Waals surface area contributed by atoms with Gasteiger partial charge in [0, 0.05) is 20.8 Å². The van der Waals surface area contributed by atoms with Crippen molar-refractivity contribution in [3.05, 3.63) is 10.4 Å². The summed E-state index contributed by atoms with van der Waals surface area (Å²) in [7, 11) is 3.13. The molecule has 0 aliphatic rings. The zero-order valence-corrected chi connectivity index (χ0v) is 11.5. The number of ether oxygens (including phenoxy) is 2. The summed E-state index contributed by atoms with van der Waals surface area (Å²) in [6.07, 6.45) is -0.181. The van der Waals surface area contributed by atoms with Crippen LogP contribution in [0.1, 0.15) is 15.2 Å². The van der Waals surface area contributed by atoms with Gasteiger partial charge in [0.15, 0.2) is 0 Å². The van der Waals surface area contributed by atoms with Gasteiger partial charge in [-0.2, -0.15) is 5.26 Å². The lowest BCUT2D eigenvalue weighted by Gasteiger charge is -2.15. The topological polar surface area (TPSA) is 123 Å². The lowest BCUT2D eigenvalue weighted by molar-refractivity contribution is 0.0366. The highest BCUT2D eigenvalue weighted by Gasteiger charge is 2.20. The second-order valence-electron chi connectivity index (χ2n) is 3.72. The number of nitrogens with one attached hydrogen (secondary N) is 1. The molecule has 0 bridgehead atoms. The van der Waals surface area contributed by atoms with Gasteiger partial charge in [0.05, 0.1) is 24.0 Å². The summed E-state index contributed by atoms with van der Waals surface area (Å²) in [5, 5.41) is 12.4. The van der Waals surface area contributed by atoms with Crippen molar-refractivity contribution in [2.45, 2.75) is 6.10 Å². The van der Waals surface area contributed by atoms with E-state index in [2.05, 4.69) is 5.32 Å². The summed E-state index contributed by atoms with van der Waals surface area (Å²) >= 11 is 1.09. The smallest absolute Gasteiger partial charge is 0.253 e. The Morgan fingerprint density at radius 1 is 1.58 bits per heavy atom. The van der Waals surface area contributed by atoms with Crippen LogP contribution in [0, 0.1) is 11.3 Å². The highest BCUT2D eigenvalue weighted by molar-refractivity contribution is 7.17. The van der Waals surface area contributed by atoms with Gasteiger partial charge >= 0.3 is 0 Å². The molecule has 0 spiro atoms. The SMILES string of the molecule is COCC(CNc1sc(C#N)c(N)c1C(N)=O)OC. The first-order valence-corrected chi connectivity index (χ1v) is 6.24. The highest BCUT2D eigenvalue weighted by Crippen LogP contribution is 2.34. The Morgan fingerprint density at radius 3 is 2.74 bits per heavy atom. The Bertz CT molecular complexity index is 495. The fourth-order valence-electron chi connectivity index (χ4n) is 1.50. The Morgan fingerprint density at radius 2 is 2.26 bits per heavy atom. The van der Waals surface area contributed by atoms with Crippen LogP contribution in [0.15, 0.2) is 0 Å². The van der Waals surface area contributed by atoms with E-state index in [9.17, 15) is 4.79 Å². The third-order valence-corrected chi connectivity index (χ3v) is 3.54. The molecule has 0 aromatic carbocycles. The van der Waals surface area contributed by atoms with Crippen LogP contribution in [0.5, 0.6) is 0 Å². The fourth-order valence-corrected chi connectivity index (χ4v) is 2.43. The Labute approximate surface area is 115 Å². The van der Waals surface area contributed by atoms with Gasteiger partial charge in [-0.1, -0.05) is 0 Å². The lowest BCUT2D eigenvalue weighted by Crippen LogP contribution is -2.27. The number of nitrogen functional groups attached to an aromatic ring is 1. The number of carbonyl (C=O) groups is 1. The first-order chi connectivity index (χ1) is 9.04. The summed E-state index contributed by atoms with van der Waals surface area (Å²) in [5.74, 6) is -0.668. The number of amides is 1. The summed E-state index contributed by atoms with van der Waals surface area (Å²) in [6.45, 7) is 0.816. The average Bonchev–Trinajstić information content (AvgIpc) is 2.70. The molecule has 0 saturated carbocycles. The predicted octanol–water partition coefficient (Wildman–Crippen LogP) is 0.374. The molecule has 1 aromatic rings. The van der Waals surface area contributed by atoms with Crippen LogP contribution in [0.2, 0.25) is 0 Å². The van der Waals surface area contributed by atoms with Crippen molar-refractivity contribution in [3.63, 3.8) is 0 Å². The van der Waals surface area contributed by atoms with Gasteiger partial charge in [0.1, 0.15) is 15.9 Å². The molecule has 0 radical (unpaired) electrons. The largest absolute Gasteiger partial charge is 0.396 e. The molecule has 1 unspecified atom stereocenters. The van der Waals surface area contributed by atoms with E-state index in [0.717, 1.165) is 11.3 Å². The van der Waals surface area contributed by atoms with Crippen molar-refractivity contribution in [1.29, 1.82) is 5.26 Å². The standard InChI is InChI=1S/C11H16N4O3S/c1-17-5-6(18-2)4-15-11-8(10(14)16)9(13)7(3-12)19-11/h6,15H,4-5,13H2,1-2H3,(H2,14,16). The summed E-state index contributed by atoms with van der Waals surface area (Å²) in [5.41, 5.74) is 11.2. The van der Waals surface area contributed by atoms with Crippen LogP contribution in [0.3, 0.4) is 0 Å². The normalized spacial score (nSPS) is 11.8. The third-order valence-electron chi connectivity index (χ3n) is 2.47. The average molecular weight is 284 g/mol. The molecule has 0 saturated heterocycles. The van der Waals surface area contributed by atoms with Crippen molar-refractivity contribution in [2.24, 2.45) is 5.73 Å². The molecule has 0 aliphatic carbocycles. The molecule has 0 fully saturated rings. The van der Waals surface area contributed by atoms with Gasteiger partial charge < -0.3 is 26.3 Å². The minimum absolute atomic E-state index is 0.114. The predicted molar refractivity (Wildman–Crippen MR) is 73.1 cm³/mol. The molecule has 1 atom stereocenters. The van der Waals surface area contributed by atoms with E-state index in [1.54, 1.807) is 14.2 Å². The fraction of sp³-hybridized carbons (Fsp3) is 0.455. The number of methoxy groups -OCH3 is 2. The van der Waals surface area contributed by atoms with Crippen molar-refractivity contribution < 1.29 is 14.3 Å². The van der Waals surface area contributed by atoms with Crippen LogP contribution in [0.25, 0.3) is 0 Å². The zero-order valence-electron chi connectivity index (χ0n) is 10.7. The van der Waals surface area contributed by atoms with Gasteiger partial charge in [-0.15, -0.1) is 11.3 Å². The molecule has 1 rings (SSSR count). The van der Waals surface area contributed by atoms with Gasteiger partial charge in [-0.3, -0.25) is 4.79 Å². The number of hydrogen-bond acceptors (Lipinski definition) is 7. The van der Waals surface area contributed by atoms with Crippen molar-refractivity contribution in [1.82, 2.24) is 0 Å². The Balaban J connectivity index is 2.89. The van der Waals surface area contributed by atoms with E-state index in [4.69, 9.17) is 26.2 Å². The number of nitrogens with zero attached hydrogens (tertiary/aromatic N) is 1. The molecule has 8 heteroatoms. The molecule has 104 valence electrons. The zero-order chi connectivity index (χ0) is 14.4. The van der Waals surface area contributed by atoms with Crippen LogP contribution < -0.4 is 16.8 Å². The molecule has 0 aliphatic heterocycles. The first-order valence-electron chi connectivity index (χ1n) is 5.42. The van der Waals surface area contributed by atoms with Gasteiger partial charge in [-0.25, -0.2) is 0 Å². The Hall–Kier alpha value is -1.82. The number of carbonyl (C=O) groups excluding carboxylic acids is 1. The number of anilines is 2. The number of rotatable bonds is 7. The molecule has 1 heterocycles. The summed E-state index contributed by atoms with van der Waals surface area (Å²) < 4.78 is 10.2. The van der Waals surface area contributed by atoms with Crippen LogP contribution >= 0.6 is 11.3 Å².